The molecule has 3 aromatic carbocycles. The molecule has 1 unspecified atom stereocenters. The van der Waals surface area contributed by atoms with Crippen LogP contribution in [0.4, 0.5) is 11.4 Å². The monoisotopic (exact) mass is 508 g/mol. The van der Waals surface area contributed by atoms with Crippen molar-refractivity contribution in [2.75, 3.05) is 16.7 Å². The van der Waals surface area contributed by atoms with Crippen LogP contribution in [0.2, 0.25) is 0 Å². The second-order valence-electron chi connectivity index (χ2n) is 9.32. The van der Waals surface area contributed by atoms with E-state index < -0.39 is 16.1 Å². The molecule has 190 valence electrons. The zero-order chi connectivity index (χ0) is 25.8. The fraction of sp³-hybridized carbons (Fsp3) is 0.269. The lowest BCUT2D eigenvalue weighted by molar-refractivity contribution is 0.158. The van der Waals surface area contributed by atoms with Gasteiger partial charge in [0.15, 0.2) is 0 Å². The number of aliphatic hydroxyl groups is 1. The quantitative estimate of drug-likeness (QED) is 0.223. The van der Waals surface area contributed by atoms with Gasteiger partial charge in [-0.1, -0.05) is 30.3 Å². The number of aromatic nitrogens is 2. The maximum absolute atomic E-state index is 12.6. The molecule has 1 heterocycles. The summed E-state index contributed by atoms with van der Waals surface area (Å²) in [7, 11) is -3.71. The number of aliphatic hydroxyl groups excluding tert-OH is 1. The topological polar surface area (TPSA) is 131 Å². The lowest BCUT2D eigenvalue weighted by atomic mass is 9.99. The van der Waals surface area contributed by atoms with Gasteiger partial charge in [0.2, 0.25) is 0 Å². The smallest absolute Gasteiger partial charge is 0.261 e. The third-order valence-corrected chi connectivity index (χ3v) is 7.46. The minimum absolute atomic E-state index is 0.174. The van der Waals surface area contributed by atoms with Crippen LogP contribution in [0.1, 0.15) is 31.9 Å². The van der Waals surface area contributed by atoms with E-state index in [1.54, 1.807) is 60.9 Å². The summed E-state index contributed by atoms with van der Waals surface area (Å²) < 4.78 is 29.8. The van der Waals surface area contributed by atoms with Crippen LogP contribution in [0.3, 0.4) is 0 Å². The van der Waals surface area contributed by atoms with Gasteiger partial charge in [0, 0.05) is 30.0 Å². The highest BCUT2D eigenvalue weighted by molar-refractivity contribution is 7.92. The van der Waals surface area contributed by atoms with E-state index in [1.165, 1.54) is 12.1 Å². The normalized spacial score (nSPS) is 13.0. The number of hydrogen-bond donors (Lipinski definition) is 4. The standard InChI is InChI=1S/C26H30N5O4S/c1-26(2,13-14-31-18-27-23-16-20(29-33)11-12-24(23)31)28-17-25(32)19-7-6-8-21(15-19)30-36(34,35)22-9-4-3-5-10-22/h3-12,15-16,18,25,28-30,32H,13-14,17H2,1-2H3/q-1. The molecule has 36 heavy (non-hydrogen) atoms. The molecule has 0 amide bonds. The number of imidazole rings is 1. The van der Waals surface area contributed by atoms with Crippen molar-refractivity contribution in [3.05, 3.63) is 89.9 Å². The first kappa shape index (κ1) is 25.6. The number of fused-ring (bicyclic) bond motifs is 1. The largest absolute Gasteiger partial charge is 0.761 e. The van der Waals surface area contributed by atoms with E-state index in [-0.39, 0.29) is 10.4 Å². The van der Waals surface area contributed by atoms with Crippen molar-refractivity contribution >= 4 is 32.4 Å². The average molecular weight is 509 g/mol. The number of hydrogen-bond acceptors (Lipinski definition) is 7. The van der Waals surface area contributed by atoms with E-state index in [1.807, 2.05) is 16.1 Å². The number of anilines is 2. The predicted octanol–water partition coefficient (Wildman–Crippen LogP) is 4.24. The van der Waals surface area contributed by atoms with E-state index >= 15 is 0 Å². The van der Waals surface area contributed by atoms with Gasteiger partial charge >= 0.3 is 0 Å². The first-order valence-electron chi connectivity index (χ1n) is 11.6. The maximum atomic E-state index is 12.6. The van der Waals surface area contributed by atoms with E-state index in [9.17, 15) is 18.7 Å². The van der Waals surface area contributed by atoms with Gasteiger partial charge in [-0.15, -0.1) is 0 Å². The maximum Gasteiger partial charge on any atom is 0.261 e. The SMILES string of the molecule is CC(C)(CCn1cnc2cc(N[O-])ccc21)NCC(O)c1cccc(NS(=O)(=O)c2ccccc2)c1. The Balaban J connectivity index is 1.35. The molecule has 1 aromatic heterocycles. The van der Waals surface area contributed by atoms with Gasteiger partial charge in [0.1, 0.15) is 0 Å². The second kappa shape index (κ2) is 10.7. The van der Waals surface area contributed by atoms with Crippen LogP contribution in [0, 0.1) is 5.21 Å². The van der Waals surface area contributed by atoms with E-state index in [4.69, 9.17) is 0 Å². The zero-order valence-electron chi connectivity index (χ0n) is 20.2. The van der Waals surface area contributed by atoms with E-state index in [0.717, 1.165) is 17.5 Å². The summed E-state index contributed by atoms with van der Waals surface area (Å²) in [5, 5.41) is 25.0. The Kier molecular flexibility index (Phi) is 7.60. The van der Waals surface area contributed by atoms with Crippen molar-refractivity contribution in [1.29, 1.82) is 0 Å². The number of benzene rings is 3. The molecule has 0 saturated heterocycles. The van der Waals surface area contributed by atoms with Gasteiger partial charge in [0.25, 0.3) is 10.0 Å². The Morgan fingerprint density at radius 3 is 2.56 bits per heavy atom. The number of rotatable bonds is 11. The molecule has 0 saturated carbocycles. The molecule has 0 aliphatic heterocycles. The Bertz CT molecular complexity index is 1420. The van der Waals surface area contributed by atoms with Crippen LogP contribution in [0.5, 0.6) is 0 Å². The molecule has 9 nitrogen and oxygen atoms in total. The molecule has 1 atom stereocenters. The fourth-order valence-electron chi connectivity index (χ4n) is 3.91. The molecule has 4 aromatic rings. The lowest BCUT2D eigenvalue weighted by Crippen LogP contribution is -2.42. The molecule has 10 heteroatoms. The summed E-state index contributed by atoms with van der Waals surface area (Å²) in [6.07, 6.45) is 1.70. The van der Waals surface area contributed by atoms with Crippen molar-refractivity contribution in [2.24, 2.45) is 0 Å². The molecule has 0 fully saturated rings. The van der Waals surface area contributed by atoms with Crippen LogP contribution in [0.15, 0.2) is 84.0 Å². The summed E-state index contributed by atoms with van der Waals surface area (Å²) in [5.74, 6) is 0. The molecule has 4 rings (SSSR count). The molecular formula is C26H30N5O4S-. The Hall–Kier alpha value is -3.44. The van der Waals surface area contributed by atoms with Gasteiger partial charge in [-0.05, 0) is 68.3 Å². The Labute approximate surface area is 210 Å². The minimum Gasteiger partial charge on any atom is -0.761 e. The van der Waals surface area contributed by atoms with Crippen molar-refractivity contribution in [3.63, 3.8) is 0 Å². The summed E-state index contributed by atoms with van der Waals surface area (Å²) in [6, 6.07) is 20.2. The Morgan fingerprint density at radius 2 is 1.81 bits per heavy atom. The number of sulfonamides is 1. The average Bonchev–Trinajstić information content (AvgIpc) is 3.29. The highest BCUT2D eigenvalue weighted by Crippen LogP contribution is 2.23. The van der Waals surface area contributed by atoms with Crippen molar-refractivity contribution < 1.29 is 13.5 Å². The first-order valence-corrected chi connectivity index (χ1v) is 13.1. The summed E-state index contributed by atoms with van der Waals surface area (Å²) in [6.45, 7) is 5.12. The van der Waals surface area contributed by atoms with Crippen LogP contribution in [-0.2, 0) is 16.6 Å². The van der Waals surface area contributed by atoms with Gasteiger partial charge in [0.05, 0.1) is 28.4 Å². The van der Waals surface area contributed by atoms with E-state index in [2.05, 4.69) is 28.9 Å². The summed E-state index contributed by atoms with van der Waals surface area (Å²) >= 11 is 0. The molecule has 0 bridgehead atoms. The van der Waals surface area contributed by atoms with Crippen molar-refractivity contribution in [3.8, 4) is 0 Å². The third-order valence-electron chi connectivity index (χ3n) is 6.07. The number of nitrogens with zero attached hydrogens (tertiary/aromatic N) is 2. The van der Waals surface area contributed by atoms with Crippen LogP contribution in [0.25, 0.3) is 11.0 Å². The van der Waals surface area contributed by atoms with Crippen LogP contribution in [-0.4, -0.2) is 35.2 Å². The zero-order valence-corrected chi connectivity index (χ0v) is 21.0. The predicted molar refractivity (Wildman–Crippen MR) is 142 cm³/mol. The van der Waals surface area contributed by atoms with Gasteiger partial charge in [-0.25, -0.2) is 13.4 Å². The fourth-order valence-corrected chi connectivity index (χ4v) is 4.98. The van der Waals surface area contributed by atoms with Crippen molar-refractivity contribution in [1.82, 2.24) is 14.9 Å². The van der Waals surface area contributed by atoms with Crippen LogP contribution >= 0.6 is 0 Å². The van der Waals surface area contributed by atoms with Gasteiger partial charge in [-0.3, -0.25) is 4.72 Å². The minimum atomic E-state index is -3.71. The summed E-state index contributed by atoms with van der Waals surface area (Å²) in [4.78, 5) is 4.54. The highest BCUT2D eigenvalue weighted by atomic mass is 32.2. The molecule has 0 spiro atoms. The Morgan fingerprint density at radius 1 is 1.03 bits per heavy atom. The molecule has 4 N–H and O–H groups in total. The number of β-amino-alcohol motifs (C(OH)–C–C–N with tert-alkyl or cyclic N) is 1. The molecule has 0 aliphatic carbocycles. The van der Waals surface area contributed by atoms with Crippen LogP contribution < -0.4 is 15.5 Å². The van der Waals surface area contributed by atoms with Gasteiger partial charge < -0.3 is 25.7 Å². The van der Waals surface area contributed by atoms with Crippen molar-refractivity contribution in [2.45, 2.75) is 43.4 Å². The summed E-state index contributed by atoms with van der Waals surface area (Å²) in [5.41, 5.74) is 4.75. The number of nitrogens with one attached hydrogen (secondary N) is 3. The molecular weight excluding hydrogens is 478 g/mol. The number of aryl methyl sites for hydroxylation is 1. The lowest BCUT2D eigenvalue weighted by Gasteiger charge is -2.28. The third kappa shape index (κ3) is 6.21. The molecule has 0 radical (unpaired) electrons. The first-order chi connectivity index (χ1) is 17.2. The van der Waals surface area contributed by atoms with Gasteiger partial charge in [-0.2, -0.15) is 0 Å². The molecule has 0 aliphatic rings. The highest BCUT2D eigenvalue weighted by Gasteiger charge is 2.20. The second-order valence-corrected chi connectivity index (χ2v) is 11.0. The van der Waals surface area contributed by atoms with E-state index in [0.29, 0.717) is 30.0 Å².